The topological polar surface area (TPSA) is 42.1 Å². The van der Waals surface area contributed by atoms with Crippen molar-refractivity contribution in [2.75, 3.05) is 25.0 Å². The fourth-order valence-corrected chi connectivity index (χ4v) is 5.34. The van der Waals surface area contributed by atoms with E-state index in [0.29, 0.717) is 12.7 Å². The standard InChI is InChI=1S/C20H26N6S2/c1-23(13-18-21-16-7-3-4-8-17(16)28-18)14-25-20(27)26(15-9-10-15)19(22-25)24-11-5-2-6-12-24/h3-4,7-8,15H,2,5-6,9-14H2,1H3. The van der Waals surface area contributed by atoms with Crippen LogP contribution in [0.4, 0.5) is 5.95 Å². The number of para-hydroxylation sites is 1. The van der Waals surface area contributed by atoms with E-state index < -0.39 is 0 Å². The summed E-state index contributed by atoms with van der Waals surface area (Å²) in [5, 5.41) is 6.09. The second-order valence-electron chi connectivity index (χ2n) is 7.96. The second-order valence-corrected chi connectivity index (χ2v) is 9.44. The molecule has 28 heavy (non-hydrogen) atoms. The Labute approximate surface area is 174 Å². The Morgan fingerprint density at radius 3 is 2.71 bits per heavy atom. The van der Waals surface area contributed by atoms with Crippen molar-refractivity contribution in [1.82, 2.24) is 24.2 Å². The van der Waals surface area contributed by atoms with Gasteiger partial charge in [0.05, 0.1) is 23.4 Å². The molecule has 0 spiro atoms. The van der Waals surface area contributed by atoms with E-state index in [-0.39, 0.29) is 0 Å². The molecule has 1 saturated carbocycles. The van der Waals surface area contributed by atoms with Crippen LogP contribution in [0.3, 0.4) is 0 Å². The van der Waals surface area contributed by atoms with Crippen LogP contribution in [0.5, 0.6) is 0 Å². The molecule has 0 bridgehead atoms. The zero-order valence-corrected chi connectivity index (χ0v) is 17.9. The van der Waals surface area contributed by atoms with Gasteiger partial charge in [-0.1, -0.05) is 12.1 Å². The molecule has 0 unspecified atom stereocenters. The Bertz CT molecular complexity index is 992. The van der Waals surface area contributed by atoms with Gasteiger partial charge in [-0.25, -0.2) is 9.67 Å². The number of rotatable bonds is 6. The molecule has 3 aromatic rings. The molecule has 6 nitrogen and oxygen atoms in total. The fourth-order valence-electron chi connectivity index (χ4n) is 3.96. The van der Waals surface area contributed by atoms with Crippen molar-refractivity contribution in [2.24, 2.45) is 0 Å². The van der Waals surface area contributed by atoms with Crippen molar-refractivity contribution in [3.63, 3.8) is 0 Å². The van der Waals surface area contributed by atoms with Crippen molar-refractivity contribution in [3.05, 3.63) is 34.0 Å². The average Bonchev–Trinajstić information content (AvgIpc) is 3.37. The average molecular weight is 415 g/mol. The molecule has 1 aliphatic carbocycles. The lowest BCUT2D eigenvalue weighted by atomic mass is 10.1. The number of hydrogen-bond acceptors (Lipinski definition) is 6. The number of nitrogens with zero attached hydrogens (tertiary/aromatic N) is 6. The summed E-state index contributed by atoms with van der Waals surface area (Å²) in [5.74, 6) is 1.08. The minimum Gasteiger partial charge on any atom is -0.341 e. The lowest BCUT2D eigenvalue weighted by Gasteiger charge is -2.27. The minimum absolute atomic E-state index is 0.549. The van der Waals surface area contributed by atoms with Gasteiger partial charge in [-0.3, -0.25) is 9.47 Å². The first-order chi connectivity index (χ1) is 13.7. The lowest BCUT2D eigenvalue weighted by molar-refractivity contribution is 0.243. The van der Waals surface area contributed by atoms with Crippen molar-refractivity contribution >= 4 is 39.7 Å². The number of piperidine rings is 1. The number of fused-ring (bicyclic) bond motifs is 1. The van der Waals surface area contributed by atoms with Crippen LogP contribution in [-0.4, -0.2) is 44.4 Å². The van der Waals surface area contributed by atoms with Gasteiger partial charge in [0, 0.05) is 19.1 Å². The van der Waals surface area contributed by atoms with Gasteiger partial charge < -0.3 is 4.90 Å². The number of aromatic nitrogens is 4. The molecule has 0 N–H and O–H groups in total. The molecule has 1 aromatic carbocycles. The van der Waals surface area contributed by atoms with Gasteiger partial charge in [-0.2, -0.15) is 0 Å². The van der Waals surface area contributed by atoms with Gasteiger partial charge in [0.15, 0.2) is 0 Å². The summed E-state index contributed by atoms with van der Waals surface area (Å²) >= 11 is 7.60. The normalized spacial score (nSPS) is 17.7. The maximum Gasteiger partial charge on any atom is 0.226 e. The molecule has 1 saturated heterocycles. The molecular weight excluding hydrogens is 388 g/mol. The van der Waals surface area contributed by atoms with Crippen molar-refractivity contribution < 1.29 is 0 Å². The summed E-state index contributed by atoms with van der Waals surface area (Å²) in [6.07, 6.45) is 6.28. The van der Waals surface area contributed by atoms with Gasteiger partial charge in [-0.05, 0) is 63.5 Å². The summed E-state index contributed by atoms with van der Waals surface area (Å²) in [5.41, 5.74) is 1.08. The Hall–Kier alpha value is -1.77. The molecule has 148 valence electrons. The third-order valence-corrected chi connectivity index (χ3v) is 6.95. The van der Waals surface area contributed by atoms with Gasteiger partial charge >= 0.3 is 0 Å². The van der Waals surface area contributed by atoms with E-state index in [4.69, 9.17) is 22.3 Å². The first-order valence-corrected chi connectivity index (χ1v) is 11.4. The highest BCUT2D eigenvalue weighted by molar-refractivity contribution is 7.71. The number of benzene rings is 1. The number of hydrogen-bond donors (Lipinski definition) is 0. The molecule has 3 heterocycles. The van der Waals surface area contributed by atoms with Crippen LogP contribution in [0.2, 0.25) is 0 Å². The number of thiazole rings is 1. The van der Waals surface area contributed by atoms with E-state index in [0.717, 1.165) is 40.9 Å². The molecule has 2 fully saturated rings. The van der Waals surface area contributed by atoms with Gasteiger partial charge in [0.2, 0.25) is 10.7 Å². The highest BCUT2D eigenvalue weighted by Crippen LogP contribution is 2.38. The molecular formula is C20H26N6S2. The summed E-state index contributed by atoms with van der Waals surface area (Å²) in [7, 11) is 2.12. The second kappa shape index (κ2) is 7.57. The zero-order chi connectivity index (χ0) is 19.1. The molecule has 2 aromatic heterocycles. The Balaban J connectivity index is 1.36. The van der Waals surface area contributed by atoms with Gasteiger partial charge in [-0.15, -0.1) is 16.4 Å². The predicted octanol–water partition coefficient (Wildman–Crippen LogP) is 4.44. The maximum absolute atomic E-state index is 5.83. The first kappa shape index (κ1) is 18.3. The monoisotopic (exact) mass is 414 g/mol. The van der Waals surface area contributed by atoms with Crippen LogP contribution in [-0.2, 0) is 13.2 Å². The molecule has 1 aliphatic heterocycles. The van der Waals surface area contributed by atoms with E-state index in [9.17, 15) is 0 Å². The third-order valence-electron chi connectivity index (χ3n) is 5.52. The van der Waals surface area contributed by atoms with Crippen LogP contribution < -0.4 is 4.90 Å². The number of anilines is 1. The quantitative estimate of drug-likeness (QED) is 0.558. The molecule has 0 amide bonds. The SMILES string of the molecule is CN(Cc1nc2ccccc2s1)Cn1nc(N2CCCCC2)n(C2CC2)c1=S. The lowest BCUT2D eigenvalue weighted by Crippen LogP contribution is -2.32. The van der Waals surface area contributed by atoms with E-state index in [1.807, 2.05) is 10.7 Å². The fraction of sp³-hybridized carbons (Fsp3) is 0.550. The predicted molar refractivity (Wildman–Crippen MR) is 116 cm³/mol. The zero-order valence-electron chi connectivity index (χ0n) is 16.3. The van der Waals surface area contributed by atoms with Crippen molar-refractivity contribution in [3.8, 4) is 0 Å². The van der Waals surface area contributed by atoms with E-state index in [1.54, 1.807) is 11.3 Å². The molecule has 5 rings (SSSR count). The highest BCUT2D eigenvalue weighted by Gasteiger charge is 2.31. The summed E-state index contributed by atoms with van der Waals surface area (Å²) in [6, 6.07) is 8.87. The van der Waals surface area contributed by atoms with Crippen molar-refractivity contribution in [1.29, 1.82) is 0 Å². The molecule has 0 atom stereocenters. The van der Waals surface area contributed by atoms with Crippen LogP contribution in [0, 0.1) is 4.77 Å². The Morgan fingerprint density at radius 1 is 1.18 bits per heavy atom. The highest BCUT2D eigenvalue weighted by atomic mass is 32.1. The summed E-state index contributed by atoms with van der Waals surface area (Å²) in [6.45, 7) is 3.69. The summed E-state index contributed by atoms with van der Waals surface area (Å²) < 4.78 is 6.42. The van der Waals surface area contributed by atoms with Crippen LogP contribution in [0.1, 0.15) is 43.2 Å². The van der Waals surface area contributed by atoms with Crippen LogP contribution in [0.25, 0.3) is 10.2 Å². The van der Waals surface area contributed by atoms with E-state index in [2.05, 4.69) is 39.6 Å². The van der Waals surface area contributed by atoms with Gasteiger partial charge in [0.1, 0.15) is 5.01 Å². The van der Waals surface area contributed by atoms with Crippen LogP contribution >= 0.6 is 23.6 Å². The van der Waals surface area contributed by atoms with Crippen LogP contribution in [0.15, 0.2) is 24.3 Å². The molecule has 8 heteroatoms. The Kier molecular flexibility index (Phi) is 4.94. The largest absolute Gasteiger partial charge is 0.341 e. The summed E-state index contributed by atoms with van der Waals surface area (Å²) in [4.78, 5) is 9.44. The Morgan fingerprint density at radius 2 is 1.96 bits per heavy atom. The van der Waals surface area contributed by atoms with Gasteiger partial charge in [0.25, 0.3) is 0 Å². The maximum atomic E-state index is 5.83. The minimum atomic E-state index is 0.549. The van der Waals surface area contributed by atoms with Crippen molar-refractivity contribution in [2.45, 2.75) is 51.4 Å². The van der Waals surface area contributed by atoms with E-state index >= 15 is 0 Å². The molecule has 2 aliphatic rings. The molecule has 0 radical (unpaired) electrons. The first-order valence-electron chi connectivity index (χ1n) is 10.2. The smallest absolute Gasteiger partial charge is 0.226 e. The van der Waals surface area contributed by atoms with E-state index in [1.165, 1.54) is 36.8 Å². The third kappa shape index (κ3) is 3.60.